The van der Waals surface area contributed by atoms with Gasteiger partial charge in [-0.15, -0.1) is 0 Å². The van der Waals surface area contributed by atoms with E-state index in [0.29, 0.717) is 5.96 Å². The highest BCUT2D eigenvalue weighted by Crippen LogP contribution is 2.25. The summed E-state index contributed by atoms with van der Waals surface area (Å²) in [5, 5.41) is 3.11. The van der Waals surface area contributed by atoms with Crippen LogP contribution in [0.3, 0.4) is 0 Å². The molecule has 0 unspecified atom stereocenters. The van der Waals surface area contributed by atoms with Crippen LogP contribution in [0.4, 0.5) is 5.69 Å². The lowest BCUT2D eigenvalue weighted by atomic mass is 10.3. The van der Waals surface area contributed by atoms with Crippen molar-refractivity contribution in [1.82, 2.24) is 4.90 Å². The smallest absolute Gasteiger partial charge is 0.193 e. The zero-order valence-corrected chi connectivity index (χ0v) is 13.9. The lowest BCUT2D eigenvalue weighted by molar-refractivity contribution is 0.242. The molecule has 5 nitrogen and oxygen atoms in total. The van der Waals surface area contributed by atoms with Crippen LogP contribution in [-0.2, 0) is 0 Å². The van der Waals surface area contributed by atoms with Gasteiger partial charge in [0, 0.05) is 18.3 Å². The van der Waals surface area contributed by atoms with Crippen LogP contribution in [0.1, 0.15) is 33.6 Å². The maximum Gasteiger partial charge on any atom is 0.193 e. The van der Waals surface area contributed by atoms with Crippen LogP contribution >= 0.6 is 0 Å². The molecular formula is C17H28N4O. The molecule has 5 heteroatoms. The van der Waals surface area contributed by atoms with Gasteiger partial charge < -0.3 is 15.8 Å². The Bertz CT molecular complexity index is 480. The minimum Gasteiger partial charge on any atom is -0.491 e. The maximum atomic E-state index is 5.93. The number of aliphatic imine (C=N–C) groups is 1. The summed E-state index contributed by atoms with van der Waals surface area (Å²) in [4.78, 5) is 6.87. The summed E-state index contributed by atoms with van der Waals surface area (Å²) in [6.07, 6.45) is 2.84. The van der Waals surface area contributed by atoms with Gasteiger partial charge in [-0.1, -0.05) is 6.92 Å². The Morgan fingerprint density at radius 3 is 2.59 bits per heavy atom. The second kappa shape index (κ2) is 8.03. The van der Waals surface area contributed by atoms with E-state index in [1.54, 1.807) is 0 Å². The van der Waals surface area contributed by atoms with E-state index in [9.17, 15) is 0 Å². The SMILES string of the molecule is CCN(CCN=C(N)Nc1ccc(OC(C)C)cc1)C1CC1. The van der Waals surface area contributed by atoms with Crippen LogP contribution in [0, 0.1) is 0 Å². The third-order valence-electron chi connectivity index (χ3n) is 3.64. The topological polar surface area (TPSA) is 62.9 Å². The molecule has 1 aliphatic carbocycles. The molecule has 0 radical (unpaired) electrons. The van der Waals surface area contributed by atoms with Crippen molar-refractivity contribution in [2.75, 3.05) is 25.0 Å². The van der Waals surface area contributed by atoms with Crippen molar-refractivity contribution >= 4 is 11.6 Å². The fraction of sp³-hybridized carbons (Fsp3) is 0.588. The molecule has 0 atom stereocenters. The van der Waals surface area contributed by atoms with Gasteiger partial charge in [0.1, 0.15) is 5.75 Å². The Kier molecular flexibility index (Phi) is 6.07. The van der Waals surface area contributed by atoms with Gasteiger partial charge in [-0.05, 0) is 57.5 Å². The molecule has 2 rings (SSSR count). The zero-order valence-electron chi connectivity index (χ0n) is 13.9. The number of hydrogen-bond donors (Lipinski definition) is 2. The van der Waals surface area contributed by atoms with Crippen molar-refractivity contribution in [2.24, 2.45) is 10.7 Å². The lowest BCUT2D eigenvalue weighted by Crippen LogP contribution is -2.30. The van der Waals surface area contributed by atoms with Gasteiger partial charge in [0.05, 0.1) is 12.6 Å². The summed E-state index contributed by atoms with van der Waals surface area (Å²) in [5.74, 6) is 1.32. The molecule has 1 aromatic carbocycles. The Morgan fingerprint density at radius 1 is 1.36 bits per heavy atom. The minimum absolute atomic E-state index is 0.179. The number of likely N-dealkylation sites (N-methyl/N-ethyl adjacent to an activating group) is 1. The lowest BCUT2D eigenvalue weighted by Gasteiger charge is -2.18. The summed E-state index contributed by atoms with van der Waals surface area (Å²) in [6, 6.07) is 8.54. The van der Waals surface area contributed by atoms with Crippen molar-refractivity contribution < 1.29 is 4.74 Å². The number of nitrogens with one attached hydrogen (secondary N) is 1. The van der Waals surface area contributed by atoms with E-state index >= 15 is 0 Å². The van der Waals surface area contributed by atoms with Crippen molar-refractivity contribution in [1.29, 1.82) is 0 Å². The Hall–Kier alpha value is -1.75. The van der Waals surface area contributed by atoms with Crippen LogP contribution in [0.2, 0.25) is 0 Å². The number of rotatable bonds is 8. The Morgan fingerprint density at radius 2 is 2.05 bits per heavy atom. The van der Waals surface area contributed by atoms with Crippen molar-refractivity contribution in [3.8, 4) is 5.75 Å². The fourth-order valence-electron chi connectivity index (χ4n) is 2.41. The van der Waals surface area contributed by atoms with E-state index in [0.717, 1.165) is 37.1 Å². The maximum absolute atomic E-state index is 5.93. The molecule has 0 aromatic heterocycles. The first-order valence-electron chi connectivity index (χ1n) is 8.16. The zero-order chi connectivity index (χ0) is 15.9. The molecule has 0 bridgehead atoms. The number of nitrogens with two attached hydrogens (primary N) is 1. The van der Waals surface area contributed by atoms with Gasteiger partial charge in [-0.3, -0.25) is 9.89 Å². The average Bonchev–Trinajstić information content (AvgIpc) is 3.30. The van der Waals surface area contributed by atoms with Gasteiger partial charge >= 0.3 is 0 Å². The van der Waals surface area contributed by atoms with Crippen molar-refractivity contribution in [2.45, 2.75) is 45.8 Å². The normalized spacial score (nSPS) is 15.4. The Labute approximate surface area is 133 Å². The number of ether oxygens (including phenoxy) is 1. The van der Waals surface area contributed by atoms with Gasteiger partial charge in [0.2, 0.25) is 0 Å². The first-order chi connectivity index (χ1) is 10.6. The average molecular weight is 304 g/mol. The molecule has 0 heterocycles. The number of anilines is 1. The first kappa shape index (κ1) is 16.6. The molecular weight excluding hydrogens is 276 g/mol. The molecule has 3 N–H and O–H groups in total. The molecule has 0 spiro atoms. The number of benzene rings is 1. The Balaban J connectivity index is 1.77. The largest absolute Gasteiger partial charge is 0.491 e. The molecule has 22 heavy (non-hydrogen) atoms. The fourth-order valence-corrected chi connectivity index (χ4v) is 2.41. The molecule has 1 saturated carbocycles. The number of nitrogens with zero attached hydrogens (tertiary/aromatic N) is 2. The summed E-state index contributed by atoms with van der Waals surface area (Å²) in [6.45, 7) is 9.02. The summed E-state index contributed by atoms with van der Waals surface area (Å²) in [5.41, 5.74) is 6.86. The highest BCUT2D eigenvalue weighted by molar-refractivity contribution is 5.92. The molecule has 0 aliphatic heterocycles. The van der Waals surface area contributed by atoms with Gasteiger partial charge in [0.25, 0.3) is 0 Å². The van der Waals surface area contributed by atoms with Crippen LogP contribution in [-0.4, -0.2) is 42.6 Å². The minimum atomic E-state index is 0.179. The predicted molar refractivity (Wildman–Crippen MR) is 92.6 cm³/mol. The number of guanidine groups is 1. The molecule has 0 saturated heterocycles. The van der Waals surface area contributed by atoms with E-state index in [1.165, 1.54) is 12.8 Å². The first-order valence-corrected chi connectivity index (χ1v) is 8.16. The van der Waals surface area contributed by atoms with E-state index in [1.807, 2.05) is 38.1 Å². The van der Waals surface area contributed by atoms with E-state index in [-0.39, 0.29) is 6.10 Å². The highest BCUT2D eigenvalue weighted by Gasteiger charge is 2.26. The second-order valence-corrected chi connectivity index (χ2v) is 5.94. The number of hydrogen-bond acceptors (Lipinski definition) is 3. The van der Waals surface area contributed by atoms with E-state index in [4.69, 9.17) is 10.5 Å². The molecule has 1 aliphatic rings. The summed E-state index contributed by atoms with van der Waals surface area (Å²) < 4.78 is 5.61. The predicted octanol–water partition coefficient (Wildman–Crippen LogP) is 2.68. The van der Waals surface area contributed by atoms with Gasteiger partial charge in [0.15, 0.2) is 5.96 Å². The summed E-state index contributed by atoms with van der Waals surface area (Å²) >= 11 is 0. The van der Waals surface area contributed by atoms with Crippen LogP contribution in [0.5, 0.6) is 5.75 Å². The van der Waals surface area contributed by atoms with Crippen LogP contribution in [0.25, 0.3) is 0 Å². The van der Waals surface area contributed by atoms with E-state index in [2.05, 4.69) is 22.1 Å². The van der Waals surface area contributed by atoms with Crippen LogP contribution in [0.15, 0.2) is 29.3 Å². The third-order valence-corrected chi connectivity index (χ3v) is 3.64. The molecule has 122 valence electrons. The van der Waals surface area contributed by atoms with Crippen LogP contribution < -0.4 is 15.8 Å². The van der Waals surface area contributed by atoms with Gasteiger partial charge in [-0.25, -0.2) is 0 Å². The second-order valence-electron chi connectivity index (χ2n) is 5.94. The highest BCUT2D eigenvalue weighted by atomic mass is 16.5. The quantitative estimate of drug-likeness (QED) is 0.572. The molecule has 0 amide bonds. The van der Waals surface area contributed by atoms with E-state index < -0.39 is 0 Å². The molecule has 1 aromatic rings. The summed E-state index contributed by atoms with van der Waals surface area (Å²) in [7, 11) is 0. The third kappa shape index (κ3) is 5.56. The van der Waals surface area contributed by atoms with Gasteiger partial charge in [-0.2, -0.15) is 0 Å². The van der Waals surface area contributed by atoms with Crippen molar-refractivity contribution in [3.63, 3.8) is 0 Å². The standard InChI is InChI=1S/C17H28N4O/c1-4-21(15-7-8-15)12-11-19-17(18)20-14-5-9-16(10-6-14)22-13(2)3/h5-6,9-10,13,15H,4,7-8,11-12H2,1-3H3,(H3,18,19,20). The van der Waals surface area contributed by atoms with Crippen molar-refractivity contribution in [3.05, 3.63) is 24.3 Å². The monoisotopic (exact) mass is 304 g/mol. The molecule has 1 fully saturated rings.